The number of aliphatic carboxylic acids is 1. The number of halogens is 2. The summed E-state index contributed by atoms with van der Waals surface area (Å²) in [5.41, 5.74) is 2.90. The van der Waals surface area contributed by atoms with Gasteiger partial charge in [-0.2, -0.15) is 0 Å². The highest BCUT2D eigenvalue weighted by Crippen LogP contribution is 2.39. The van der Waals surface area contributed by atoms with Gasteiger partial charge in [0.2, 0.25) is 0 Å². The zero-order valence-electron chi connectivity index (χ0n) is 15.3. The fourth-order valence-electron chi connectivity index (χ4n) is 3.94. The summed E-state index contributed by atoms with van der Waals surface area (Å²) < 4.78 is 6.17. The van der Waals surface area contributed by atoms with Gasteiger partial charge in [-0.15, -0.1) is 0 Å². The van der Waals surface area contributed by atoms with Gasteiger partial charge in [-0.1, -0.05) is 41.8 Å². The van der Waals surface area contributed by atoms with Gasteiger partial charge in [0.25, 0.3) is 0 Å². The molecule has 28 heavy (non-hydrogen) atoms. The Hall–Kier alpha value is -2.17. The van der Waals surface area contributed by atoms with Gasteiger partial charge in [-0.05, 0) is 55.5 Å². The Balaban J connectivity index is 1.79. The number of carboxylic acids is 1. The number of fused-ring (bicyclic) bond motifs is 1. The lowest BCUT2D eigenvalue weighted by atomic mass is 9.98. The van der Waals surface area contributed by atoms with Crippen LogP contribution in [0.25, 0.3) is 22.2 Å². The van der Waals surface area contributed by atoms with Crippen molar-refractivity contribution in [3.8, 4) is 17.0 Å². The second-order valence-electron chi connectivity index (χ2n) is 7.24. The molecular formula is C22H21Cl2NO3. The van der Waals surface area contributed by atoms with Gasteiger partial charge in [0.1, 0.15) is 5.75 Å². The summed E-state index contributed by atoms with van der Waals surface area (Å²) in [6.45, 7) is 0. The van der Waals surface area contributed by atoms with E-state index in [-0.39, 0.29) is 12.5 Å². The quantitative estimate of drug-likeness (QED) is 0.499. The predicted octanol–water partition coefficient (Wildman–Crippen LogP) is 6.48. The summed E-state index contributed by atoms with van der Waals surface area (Å²) >= 11 is 12.6. The lowest BCUT2D eigenvalue weighted by molar-refractivity contribution is -0.136. The van der Waals surface area contributed by atoms with Gasteiger partial charge in [-0.25, -0.2) is 0 Å². The third kappa shape index (κ3) is 3.85. The van der Waals surface area contributed by atoms with Crippen molar-refractivity contribution in [1.29, 1.82) is 0 Å². The van der Waals surface area contributed by atoms with E-state index in [0.717, 1.165) is 29.5 Å². The van der Waals surface area contributed by atoms with Crippen LogP contribution in [0.15, 0.2) is 36.4 Å². The molecule has 4 nitrogen and oxygen atoms in total. The minimum atomic E-state index is -0.904. The van der Waals surface area contributed by atoms with Crippen LogP contribution >= 0.6 is 23.2 Å². The molecule has 0 amide bonds. The smallest absolute Gasteiger partial charge is 0.307 e. The molecule has 2 aromatic carbocycles. The van der Waals surface area contributed by atoms with Crippen molar-refractivity contribution in [2.75, 3.05) is 0 Å². The molecule has 0 unspecified atom stereocenters. The number of nitrogens with one attached hydrogen (secondary N) is 1. The lowest BCUT2D eigenvalue weighted by Gasteiger charge is -2.23. The number of rotatable bonds is 5. The Kier molecular flexibility index (Phi) is 5.51. The standard InChI is InChI=1S/C22H21Cl2NO3/c23-18-8-4-7-15(21(18)24)22-17(12-20(26)27)16-11-14(9-10-19(16)25-22)28-13-5-2-1-3-6-13/h4,7-11,13,25H,1-3,5-6,12H2,(H,26,27). The Labute approximate surface area is 173 Å². The van der Waals surface area contributed by atoms with E-state index >= 15 is 0 Å². The molecule has 1 aliphatic rings. The molecule has 4 rings (SSSR count). The molecule has 0 atom stereocenters. The van der Waals surface area contributed by atoms with Crippen molar-refractivity contribution in [2.45, 2.75) is 44.6 Å². The van der Waals surface area contributed by atoms with E-state index in [4.69, 9.17) is 27.9 Å². The maximum atomic E-state index is 11.5. The van der Waals surface area contributed by atoms with Crippen LogP contribution in [0, 0.1) is 0 Å². The first-order valence-electron chi connectivity index (χ1n) is 9.50. The average molecular weight is 418 g/mol. The number of H-pyrrole nitrogens is 1. The van der Waals surface area contributed by atoms with Crippen LogP contribution in [0.5, 0.6) is 5.75 Å². The second kappa shape index (κ2) is 8.06. The largest absolute Gasteiger partial charge is 0.490 e. The van der Waals surface area contributed by atoms with E-state index < -0.39 is 5.97 Å². The van der Waals surface area contributed by atoms with Crippen molar-refractivity contribution in [3.63, 3.8) is 0 Å². The van der Waals surface area contributed by atoms with Crippen molar-refractivity contribution in [1.82, 2.24) is 4.98 Å². The maximum absolute atomic E-state index is 11.5. The first kappa shape index (κ1) is 19.2. The molecular weight excluding hydrogens is 397 g/mol. The van der Waals surface area contributed by atoms with Crippen LogP contribution in [-0.4, -0.2) is 22.2 Å². The number of carbonyl (C=O) groups is 1. The summed E-state index contributed by atoms with van der Waals surface area (Å²) in [7, 11) is 0. The highest BCUT2D eigenvalue weighted by molar-refractivity contribution is 6.43. The maximum Gasteiger partial charge on any atom is 0.307 e. The number of hydrogen-bond donors (Lipinski definition) is 2. The number of hydrogen-bond acceptors (Lipinski definition) is 2. The number of carboxylic acid groups (broad SMARTS) is 1. The number of benzene rings is 2. The number of ether oxygens (including phenoxy) is 1. The third-order valence-electron chi connectivity index (χ3n) is 5.28. The van der Waals surface area contributed by atoms with Gasteiger partial charge in [0.05, 0.1) is 28.3 Å². The fraction of sp³-hybridized carbons (Fsp3) is 0.318. The molecule has 1 saturated carbocycles. The fourth-order valence-corrected chi connectivity index (χ4v) is 4.33. The highest BCUT2D eigenvalue weighted by Gasteiger charge is 2.20. The molecule has 0 saturated heterocycles. The molecule has 0 radical (unpaired) electrons. The Bertz CT molecular complexity index is 1020. The Morgan fingerprint density at radius 3 is 2.68 bits per heavy atom. The SMILES string of the molecule is O=C(O)Cc1c(-c2cccc(Cl)c2Cl)[nH]c2ccc(OC3CCCCC3)cc12. The minimum absolute atomic E-state index is 0.120. The van der Waals surface area contributed by atoms with Gasteiger partial charge in [0.15, 0.2) is 0 Å². The van der Waals surface area contributed by atoms with Crippen LogP contribution in [0.4, 0.5) is 0 Å². The zero-order valence-corrected chi connectivity index (χ0v) is 16.8. The molecule has 0 aliphatic heterocycles. The molecule has 0 bridgehead atoms. The molecule has 1 heterocycles. The molecule has 146 valence electrons. The molecule has 1 aliphatic carbocycles. The molecule has 1 fully saturated rings. The molecule has 0 spiro atoms. The summed E-state index contributed by atoms with van der Waals surface area (Å²) in [6, 6.07) is 11.1. The van der Waals surface area contributed by atoms with Gasteiger partial charge in [-0.3, -0.25) is 4.79 Å². The number of aromatic nitrogens is 1. The summed E-state index contributed by atoms with van der Waals surface area (Å²) in [5, 5.41) is 11.1. The normalized spacial score (nSPS) is 15.1. The second-order valence-corrected chi connectivity index (χ2v) is 8.02. The van der Waals surface area contributed by atoms with E-state index in [0.29, 0.717) is 26.9 Å². The topological polar surface area (TPSA) is 62.3 Å². The van der Waals surface area contributed by atoms with Crippen molar-refractivity contribution in [2.24, 2.45) is 0 Å². The third-order valence-corrected chi connectivity index (χ3v) is 6.10. The molecule has 2 N–H and O–H groups in total. The van der Waals surface area contributed by atoms with Gasteiger partial charge < -0.3 is 14.8 Å². The van der Waals surface area contributed by atoms with Crippen molar-refractivity contribution >= 4 is 40.1 Å². The minimum Gasteiger partial charge on any atom is -0.490 e. The monoisotopic (exact) mass is 417 g/mol. The summed E-state index contributed by atoms with van der Waals surface area (Å²) in [5.74, 6) is -0.132. The number of aromatic amines is 1. The van der Waals surface area contributed by atoms with E-state index in [1.807, 2.05) is 24.3 Å². The van der Waals surface area contributed by atoms with E-state index in [1.54, 1.807) is 12.1 Å². The molecule has 1 aromatic heterocycles. The first-order chi connectivity index (χ1) is 13.5. The van der Waals surface area contributed by atoms with Gasteiger partial charge in [0, 0.05) is 16.5 Å². The first-order valence-corrected chi connectivity index (χ1v) is 10.3. The van der Waals surface area contributed by atoms with Crippen LogP contribution in [0.2, 0.25) is 10.0 Å². The van der Waals surface area contributed by atoms with E-state index in [2.05, 4.69) is 4.98 Å². The van der Waals surface area contributed by atoms with Crippen LogP contribution in [0.3, 0.4) is 0 Å². The average Bonchev–Trinajstić information content (AvgIpc) is 3.02. The summed E-state index contributed by atoms with van der Waals surface area (Å²) in [4.78, 5) is 14.9. The van der Waals surface area contributed by atoms with Crippen LogP contribution in [-0.2, 0) is 11.2 Å². The lowest BCUT2D eigenvalue weighted by Crippen LogP contribution is -2.19. The van der Waals surface area contributed by atoms with Crippen molar-refractivity contribution in [3.05, 3.63) is 52.0 Å². The Morgan fingerprint density at radius 1 is 1.14 bits per heavy atom. The molecule has 6 heteroatoms. The van der Waals surface area contributed by atoms with Crippen LogP contribution in [0.1, 0.15) is 37.7 Å². The summed E-state index contributed by atoms with van der Waals surface area (Å²) in [6.07, 6.45) is 5.90. The molecule has 3 aromatic rings. The predicted molar refractivity (Wildman–Crippen MR) is 113 cm³/mol. The highest BCUT2D eigenvalue weighted by atomic mass is 35.5. The van der Waals surface area contributed by atoms with Crippen molar-refractivity contribution < 1.29 is 14.6 Å². The van der Waals surface area contributed by atoms with Gasteiger partial charge >= 0.3 is 5.97 Å². The van der Waals surface area contributed by atoms with Crippen LogP contribution < -0.4 is 4.74 Å². The van der Waals surface area contributed by atoms with E-state index in [1.165, 1.54) is 19.3 Å². The Morgan fingerprint density at radius 2 is 1.93 bits per heavy atom. The van der Waals surface area contributed by atoms with E-state index in [9.17, 15) is 9.90 Å². The zero-order chi connectivity index (χ0) is 19.7.